The zero-order valence-corrected chi connectivity index (χ0v) is 22.3. The van der Waals surface area contributed by atoms with Crippen molar-refractivity contribution in [1.29, 1.82) is 0 Å². The average Bonchev–Trinajstić information content (AvgIpc) is 3.24. The highest BCUT2D eigenvalue weighted by Gasteiger charge is 2.56. The van der Waals surface area contributed by atoms with Crippen LogP contribution in [0.1, 0.15) is 49.0 Å². The molecule has 9 heteroatoms. The molecular weight excluding hydrogens is 484 g/mol. The van der Waals surface area contributed by atoms with Gasteiger partial charge in [0.05, 0.1) is 11.3 Å². The Bertz CT molecular complexity index is 1110. The number of hydrogen-bond donors (Lipinski definition) is 4. The van der Waals surface area contributed by atoms with Gasteiger partial charge in [-0.25, -0.2) is 5.48 Å². The summed E-state index contributed by atoms with van der Waals surface area (Å²) in [6, 6.07) is 17.5. The largest absolute Gasteiger partial charge is 0.357 e. The molecule has 0 unspecified atom stereocenters. The first-order chi connectivity index (χ1) is 18.2. The third-order valence-corrected chi connectivity index (χ3v) is 7.30. The molecule has 0 saturated carbocycles. The normalized spacial score (nSPS) is 18.7. The maximum absolute atomic E-state index is 14.2. The van der Waals surface area contributed by atoms with Gasteiger partial charge in [-0.05, 0) is 42.9 Å². The highest BCUT2D eigenvalue weighted by atomic mass is 16.5. The summed E-state index contributed by atoms with van der Waals surface area (Å²) >= 11 is 0. The lowest BCUT2D eigenvalue weighted by Gasteiger charge is -2.37. The quantitative estimate of drug-likeness (QED) is 0.252. The number of nitrogens with zero attached hydrogens (tertiary/aromatic N) is 1. The Morgan fingerprint density at radius 3 is 2.21 bits per heavy atom. The lowest BCUT2D eigenvalue weighted by atomic mass is 9.67. The molecule has 1 aliphatic heterocycles. The summed E-state index contributed by atoms with van der Waals surface area (Å²) in [5.74, 6) is -2.34. The standard InChI is InChI=1S/C29H38N4O5/c1-20(2)19-29(23(26(35)32-38)14-16-31-25(34)22-12-8-5-9-13-22)15-17-33(28(29)37)24(27(36)30-3)18-21-10-6-4-7-11-21/h4-13,20,23-24,38H,14-19H2,1-3H3,(H,30,36)(H,31,34)(H,32,35)/t23-,24-,29+/m0/s1. The molecule has 0 aliphatic carbocycles. The van der Waals surface area contributed by atoms with E-state index in [4.69, 9.17) is 0 Å². The van der Waals surface area contributed by atoms with Gasteiger partial charge in [-0.3, -0.25) is 24.4 Å². The molecule has 0 spiro atoms. The van der Waals surface area contributed by atoms with Gasteiger partial charge in [0.2, 0.25) is 17.7 Å². The molecule has 0 aromatic heterocycles. The summed E-state index contributed by atoms with van der Waals surface area (Å²) in [5, 5.41) is 15.1. The van der Waals surface area contributed by atoms with Crippen molar-refractivity contribution in [2.24, 2.45) is 17.3 Å². The van der Waals surface area contributed by atoms with Gasteiger partial charge in [0.15, 0.2) is 0 Å². The van der Waals surface area contributed by atoms with E-state index < -0.39 is 23.3 Å². The van der Waals surface area contributed by atoms with E-state index in [0.717, 1.165) is 5.56 Å². The van der Waals surface area contributed by atoms with Crippen LogP contribution in [0.4, 0.5) is 0 Å². The van der Waals surface area contributed by atoms with Gasteiger partial charge in [0, 0.05) is 32.1 Å². The number of likely N-dealkylation sites (N-methyl/N-ethyl adjacent to an activating group) is 1. The number of nitrogens with one attached hydrogen (secondary N) is 3. The number of carbonyl (C=O) groups is 4. The van der Waals surface area contributed by atoms with E-state index in [9.17, 15) is 24.4 Å². The molecule has 0 radical (unpaired) electrons. The van der Waals surface area contributed by atoms with Gasteiger partial charge in [0.25, 0.3) is 5.91 Å². The molecule has 0 bridgehead atoms. The molecular formula is C29H38N4O5. The van der Waals surface area contributed by atoms with E-state index in [2.05, 4.69) is 10.6 Å². The topological polar surface area (TPSA) is 128 Å². The molecule has 204 valence electrons. The van der Waals surface area contributed by atoms with E-state index in [1.165, 1.54) is 0 Å². The van der Waals surface area contributed by atoms with E-state index in [-0.39, 0.29) is 36.6 Å². The molecule has 2 aromatic rings. The minimum Gasteiger partial charge on any atom is -0.357 e. The Kier molecular flexibility index (Phi) is 10.0. The van der Waals surface area contributed by atoms with Crippen LogP contribution in [0.25, 0.3) is 0 Å². The molecule has 9 nitrogen and oxygen atoms in total. The number of carbonyl (C=O) groups excluding carboxylic acids is 4. The first-order valence-corrected chi connectivity index (χ1v) is 13.1. The highest BCUT2D eigenvalue weighted by Crippen LogP contribution is 2.46. The highest BCUT2D eigenvalue weighted by molar-refractivity contribution is 5.96. The fraction of sp³-hybridized carbons (Fsp3) is 0.448. The summed E-state index contributed by atoms with van der Waals surface area (Å²) in [4.78, 5) is 54.3. The predicted octanol–water partition coefficient (Wildman–Crippen LogP) is 2.55. The van der Waals surface area contributed by atoms with Gasteiger partial charge >= 0.3 is 0 Å². The minimum absolute atomic E-state index is 0.0689. The van der Waals surface area contributed by atoms with Crippen molar-refractivity contribution < 1.29 is 24.4 Å². The maximum Gasteiger partial charge on any atom is 0.251 e. The Morgan fingerprint density at radius 2 is 1.63 bits per heavy atom. The van der Waals surface area contributed by atoms with Crippen LogP contribution in [-0.2, 0) is 20.8 Å². The van der Waals surface area contributed by atoms with E-state index in [1.54, 1.807) is 41.7 Å². The molecule has 2 aromatic carbocycles. The van der Waals surface area contributed by atoms with Gasteiger partial charge in [0.1, 0.15) is 6.04 Å². The second-order valence-corrected chi connectivity index (χ2v) is 10.3. The fourth-order valence-electron chi connectivity index (χ4n) is 5.60. The number of hydrogen-bond acceptors (Lipinski definition) is 5. The fourth-order valence-corrected chi connectivity index (χ4v) is 5.60. The second-order valence-electron chi connectivity index (χ2n) is 10.3. The summed E-state index contributed by atoms with van der Waals surface area (Å²) in [7, 11) is 1.54. The molecule has 1 fully saturated rings. The van der Waals surface area contributed by atoms with Gasteiger partial charge < -0.3 is 15.5 Å². The van der Waals surface area contributed by atoms with Crippen LogP contribution < -0.4 is 16.1 Å². The Hall–Kier alpha value is -3.72. The summed E-state index contributed by atoms with van der Waals surface area (Å²) < 4.78 is 0. The van der Waals surface area contributed by atoms with Crippen LogP contribution in [0.3, 0.4) is 0 Å². The molecule has 38 heavy (non-hydrogen) atoms. The predicted molar refractivity (Wildman–Crippen MR) is 143 cm³/mol. The first kappa shape index (κ1) is 28.8. The number of hydroxylamine groups is 1. The molecule has 1 heterocycles. The Labute approximate surface area is 223 Å². The van der Waals surface area contributed by atoms with Crippen LogP contribution in [0, 0.1) is 17.3 Å². The van der Waals surface area contributed by atoms with E-state index in [0.29, 0.717) is 31.4 Å². The third-order valence-electron chi connectivity index (χ3n) is 7.30. The Morgan fingerprint density at radius 1 is 1.00 bits per heavy atom. The van der Waals surface area contributed by atoms with Crippen LogP contribution in [0.5, 0.6) is 0 Å². The van der Waals surface area contributed by atoms with E-state index in [1.807, 2.05) is 50.2 Å². The van der Waals surface area contributed by atoms with E-state index >= 15 is 0 Å². The summed E-state index contributed by atoms with van der Waals surface area (Å²) in [6.45, 7) is 4.40. The van der Waals surface area contributed by atoms with Crippen LogP contribution >= 0.6 is 0 Å². The monoisotopic (exact) mass is 522 g/mol. The number of rotatable bonds is 12. The summed E-state index contributed by atoms with van der Waals surface area (Å²) in [5.41, 5.74) is 2.03. The molecule has 4 N–H and O–H groups in total. The van der Waals surface area contributed by atoms with Crippen molar-refractivity contribution in [1.82, 2.24) is 21.0 Å². The lowest BCUT2D eigenvalue weighted by molar-refractivity contribution is -0.152. The van der Waals surface area contributed by atoms with Gasteiger partial charge in [-0.15, -0.1) is 0 Å². The minimum atomic E-state index is -1.12. The summed E-state index contributed by atoms with van der Waals surface area (Å²) in [6.07, 6.45) is 1.25. The molecule has 3 rings (SSSR count). The zero-order valence-electron chi connectivity index (χ0n) is 22.3. The lowest BCUT2D eigenvalue weighted by Crippen LogP contribution is -2.53. The van der Waals surface area contributed by atoms with Crippen LogP contribution in [0.2, 0.25) is 0 Å². The van der Waals surface area contributed by atoms with Gasteiger partial charge in [-0.1, -0.05) is 62.4 Å². The second kappa shape index (κ2) is 13.2. The zero-order chi connectivity index (χ0) is 27.7. The molecule has 3 atom stereocenters. The average molecular weight is 523 g/mol. The van der Waals surface area contributed by atoms with Crippen LogP contribution in [-0.4, -0.2) is 59.9 Å². The van der Waals surface area contributed by atoms with Crippen molar-refractivity contribution in [3.05, 3.63) is 71.8 Å². The van der Waals surface area contributed by atoms with Crippen LogP contribution in [0.15, 0.2) is 60.7 Å². The number of likely N-dealkylation sites (tertiary alicyclic amines) is 1. The molecule has 1 saturated heterocycles. The van der Waals surface area contributed by atoms with Crippen molar-refractivity contribution in [2.45, 2.75) is 45.6 Å². The van der Waals surface area contributed by atoms with Crippen molar-refractivity contribution in [2.75, 3.05) is 20.1 Å². The van der Waals surface area contributed by atoms with Crippen molar-refractivity contribution in [3.8, 4) is 0 Å². The van der Waals surface area contributed by atoms with Crippen molar-refractivity contribution >= 4 is 23.6 Å². The molecule has 1 aliphatic rings. The third kappa shape index (κ3) is 6.58. The number of benzene rings is 2. The maximum atomic E-state index is 14.2. The van der Waals surface area contributed by atoms with Gasteiger partial charge in [-0.2, -0.15) is 0 Å². The Balaban J connectivity index is 1.87. The SMILES string of the molecule is CNC(=O)[C@H](Cc1ccccc1)N1CC[C@@](CC(C)C)([C@@H](CCNC(=O)c2ccccc2)C(=O)NO)C1=O. The smallest absolute Gasteiger partial charge is 0.251 e. The number of amides is 4. The first-order valence-electron chi connectivity index (χ1n) is 13.1. The van der Waals surface area contributed by atoms with Crippen molar-refractivity contribution in [3.63, 3.8) is 0 Å². The molecule has 4 amide bonds.